The molecule has 0 saturated heterocycles. The van der Waals surface area contributed by atoms with Crippen molar-refractivity contribution in [2.75, 3.05) is 0 Å². The highest BCUT2D eigenvalue weighted by atomic mass is 16.2. The molecule has 4 nitrogen and oxygen atoms in total. The molecule has 0 unspecified atom stereocenters. The van der Waals surface area contributed by atoms with Crippen LogP contribution in [0.15, 0.2) is 30.3 Å². The lowest BCUT2D eigenvalue weighted by Gasteiger charge is -1.95. The first-order chi connectivity index (χ1) is 6.77. The lowest BCUT2D eigenvalue weighted by molar-refractivity contribution is 0.0976. The van der Waals surface area contributed by atoms with Crippen molar-refractivity contribution in [1.82, 2.24) is 9.88 Å². The molecule has 2 heterocycles. The normalized spacial score (nSPS) is 14.6. The summed E-state index contributed by atoms with van der Waals surface area (Å²) in [6.07, 6.45) is 0. The number of hydrogen-bond acceptors (Lipinski definition) is 2. The molecule has 0 fully saturated rings. The molecule has 1 aliphatic rings. The molecule has 2 aromatic rings. The minimum Gasteiger partial charge on any atom is -0.272 e. The summed E-state index contributed by atoms with van der Waals surface area (Å²) < 4.78 is 1.40. The molecular formula is C10H6N2O2. The van der Waals surface area contributed by atoms with Crippen molar-refractivity contribution < 1.29 is 9.59 Å². The lowest BCUT2D eigenvalue weighted by atomic mass is 10.2. The van der Waals surface area contributed by atoms with Gasteiger partial charge in [-0.05, 0) is 12.1 Å². The Morgan fingerprint density at radius 3 is 2.79 bits per heavy atom. The molecule has 0 bridgehead atoms. The number of aromatic nitrogens is 1. The summed E-state index contributed by atoms with van der Waals surface area (Å²) in [7, 11) is 0. The van der Waals surface area contributed by atoms with Gasteiger partial charge in [-0.25, -0.2) is 4.79 Å². The third-order valence-corrected chi connectivity index (χ3v) is 2.37. The Hall–Kier alpha value is -2.10. The Labute approximate surface area is 79.1 Å². The predicted molar refractivity (Wildman–Crippen MR) is 50.2 cm³/mol. The first-order valence-corrected chi connectivity index (χ1v) is 4.23. The van der Waals surface area contributed by atoms with Crippen molar-refractivity contribution in [3.8, 4) is 0 Å². The van der Waals surface area contributed by atoms with Gasteiger partial charge in [0.1, 0.15) is 5.69 Å². The second-order valence-corrected chi connectivity index (χ2v) is 3.18. The van der Waals surface area contributed by atoms with Crippen LogP contribution < -0.4 is 5.32 Å². The number of amides is 2. The van der Waals surface area contributed by atoms with Gasteiger partial charge in [-0.1, -0.05) is 18.2 Å². The molecule has 4 heteroatoms. The fourth-order valence-corrected chi connectivity index (χ4v) is 1.76. The number of para-hydroxylation sites is 1. The van der Waals surface area contributed by atoms with E-state index in [0.717, 1.165) is 10.9 Å². The van der Waals surface area contributed by atoms with Crippen LogP contribution in [0, 0.1) is 0 Å². The van der Waals surface area contributed by atoms with Gasteiger partial charge in [0, 0.05) is 5.39 Å². The first-order valence-electron chi connectivity index (χ1n) is 4.23. The number of fused-ring (bicyclic) bond motifs is 3. The van der Waals surface area contributed by atoms with Crippen molar-refractivity contribution in [3.05, 3.63) is 36.0 Å². The van der Waals surface area contributed by atoms with Crippen LogP contribution in [0.1, 0.15) is 10.5 Å². The molecule has 0 atom stereocenters. The van der Waals surface area contributed by atoms with Crippen molar-refractivity contribution >= 4 is 22.8 Å². The second kappa shape index (κ2) is 2.23. The Morgan fingerprint density at radius 1 is 1.14 bits per heavy atom. The average Bonchev–Trinajstić information content (AvgIpc) is 2.66. The summed E-state index contributed by atoms with van der Waals surface area (Å²) in [6, 6.07) is 8.76. The highest BCUT2D eigenvalue weighted by molar-refractivity contribution is 6.16. The molecule has 3 rings (SSSR count). The van der Waals surface area contributed by atoms with Crippen LogP contribution in [0.4, 0.5) is 4.79 Å². The van der Waals surface area contributed by atoms with Crippen LogP contribution in [0.25, 0.3) is 10.9 Å². The number of imide groups is 1. The summed E-state index contributed by atoms with van der Waals surface area (Å²) in [5, 5.41) is 3.15. The van der Waals surface area contributed by atoms with Gasteiger partial charge in [0.05, 0.1) is 5.52 Å². The Balaban J connectivity index is 2.49. The van der Waals surface area contributed by atoms with E-state index in [4.69, 9.17) is 0 Å². The molecule has 1 aromatic carbocycles. The van der Waals surface area contributed by atoms with Gasteiger partial charge in [0.15, 0.2) is 0 Å². The molecular weight excluding hydrogens is 180 g/mol. The summed E-state index contributed by atoms with van der Waals surface area (Å²) in [5.74, 6) is -0.328. The number of benzene rings is 1. The Morgan fingerprint density at radius 2 is 1.93 bits per heavy atom. The predicted octanol–water partition coefficient (Wildman–Crippen LogP) is 1.35. The number of carbonyl (C=O) groups excluding carboxylic acids is 2. The highest BCUT2D eigenvalue weighted by Gasteiger charge is 2.28. The molecule has 68 valence electrons. The number of carbonyl (C=O) groups is 2. The van der Waals surface area contributed by atoms with E-state index in [1.807, 2.05) is 24.3 Å². The summed E-state index contributed by atoms with van der Waals surface area (Å²) in [5.41, 5.74) is 1.18. The maximum Gasteiger partial charge on any atom is 0.333 e. The molecule has 1 aliphatic heterocycles. The summed E-state index contributed by atoms with van der Waals surface area (Å²) >= 11 is 0. The second-order valence-electron chi connectivity index (χ2n) is 3.18. The van der Waals surface area contributed by atoms with E-state index in [1.54, 1.807) is 6.07 Å². The van der Waals surface area contributed by atoms with Crippen molar-refractivity contribution in [3.63, 3.8) is 0 Å². The molecule has 0 saturated carbocycles. The number of rotatable bonds is 0. The monoisotopic (exact) mass is 186 g/mol. The van der Waals surface area contributed by atoms with Gasteiger partial charge in [-0.3, -0.25) is 14.7 Å². The smallest absolute Gasteiger partial charge is 0.272 e. The number of nitrogens with one attached hydrogen (secondary N) is 1. The maximum atomic E-state index is 11.4. The van der Waals surface area contributed by atoms with E-state index in [0.29, 0.717) is 5.69 Å². The van der Waals surface area contributed by atoms with Crippen LogP contribution in [-0.4, -0.2) is 16.5 Å². The van der Waals surface area contributed by atoms with E-state index in [9.17, 15) is 9.59 Å². The Kier molecular flexibility index (Phi) is 1.16. The SMILES string of the molecule is O=C1NC(=O)n2c1cc1ccccc12. The van der Waals surface area contributed by atoms with Gasteiger partial charge in [0.25, 0.3) is 5.91 Å². The van der Waals surface area contributed by atoms with Gasteiger partial charge >= 0.3 is 6.03 Å². The zero-order valence-electron chi connectivity index (χ0n) is 7.15. The standard InChI is InChI=1S/C10H6N2O2/c13-9-8-5-6-3-1-2-4-7(6)12(8)10(14)11-9/h1-5H,(H,11,13,14). The van der Waals surface area contributed by atoms with Gasteiger partial charge in [-0.2, -0.15) is 0 Å². The van der Waals surface area contributed by atoms with Crippen LogP contribution in [0.5, 0.6) is 0 Å². The molecule has 0 radical (unpaired) electrons. The molecule has 1 N–H and O–H groups in total. The minimum atomic E-state index is -0.369. The van der Waals surface area contributed by atoms with Crippen LogP contribution >= 0.6 is 0 Å². The van der Waals surface area contributed by atoms with Crippen LogP contribution in [0.3, 0.4) is 0 Å². The number of hydrogen-bond donors (Lipinski definition) is 1. The van der Waals surface area contributed by atoms with Crippen LogP contribution in [0.2, 0.25) is 0 Å². The summed E-state index contributed by atoms with van der Waals surface area (Å²) in [6.45, 7) is 0. The van der Waals surface area contributed by atoms with E-state index in [2.05, 4.69) is 5.32 Å². The first kappa shape index (κ1) is 7.32. The topological polar surface area (TPSA) is 51.1 Å². The zero-order chi connectivity index (χ0) is 9.71. The Bertz CT molecular complexity index is 569. The van der Waals surface area contributed by atoms with Gasteiger partial charge < -0.3 is 0 Å². The molecule has 0 spiro atoms. The molecule has 2 amide bonds. The van der Waals surface area contributed by atoms with E-state index < -0.39 is 0 Å². The third kappa shape index (κ3) is 0.724. The molecule has 0 aliphatic carbocycles. The third-order valence-electron chi connectivity index (χ3n) is 2.37. The lowest BCUT2D eigenvalue weighted by Crippen LogP contribution is -2.22. The van der Waals surface area contributed by atoms with E-state index in [1.165, 1.54) is 4.57 Å². The maximum absolute atomic E-state index is 11.4. The summed E-state index contributed by atoms with van der Waals surface area (Å²) in [4.78, 5) is 22.7. The van der Waals surface area contributed by atoms with Crippen LogP contribution in [-0.2, 0) is 0 Å². The van der Waals surface area contributed by atoms with Crippen molar-refractivity contribution in [2.24, 2.45) is 0 Å². The number of nitrogens with zero attached hydrogens (tertiary/aromatic N) is 1. The minimum absolute atomic E-state index is 0.328. The van der Waals surface area contributed by atoms with Gasteiger partial charge in [-0.15, -0.1) is 0 Å². The van der Waals surface area contributed by atoms with Crippen molar-refractivity contribution in [1.29, 1.82) is 0 Å². The van der Waals surface area contributed by atoms with E-state index >= 15 is 0 Å². The van der Waals surface area contributed by atoms with E-state index in [-0.39, 0.29) is 11.9 Å². The molecule has 1 aromatic heterocycles. The molecule has 14 heavy (non-hydrogen) atoms. The highest BCUT2D eigenvalue weighted by Crippen LogP contribution is 2.22. The van der Waals surface area contributed by atoms with Gasteiger partial charge in [0.2, 0.25) is 0 Å². The fraction of sp³-hybridized carbons (Fsp3) is 0. The van der Waals surface area contributed by atoms with Crippen molar-refractivity contribution in [2.45, 2.75) is 0 Å². The largest absolute Gasteiger partial charge is 0.333 e. The quantitative estimate of drug-likeness (QED) is 0.675. The zero-order valence-corrected chi connectivity index (χ0v) is 7.15. The average molecular weight is 186 g/mol. The fourth-order valence-electron chi connectivity index (χ4n) is 1.76.